The second-order valence-corrected chi connectivity index (χ2v) is 9.87. The van der Waals surface area contributed by atoms with Crippen molar-refractivity contribution in [2.45, 2.75) is 149 Å². The number of hydrogen-bond donors (Lipinski definition) is 3. The van der Waals surface area contributed by atoms with E-state index in [2.05, 4.69) is 24.1 Å². The van der Waals surface area contributed by atoms with Gasteiger partial charge in [-0.05, 0) is 59.3 Å². The lowest BCUT2D eigenvalue weighted by Crippen LogP contribution is -2.40. The molecule has 0 aromatic heterocycles. The topological polar surface area (TPSA) is 87.7 Å². The summed E-state index contributed by atoms with van der Waals surface area (Å²) in [7, 11) is 0. The second-order valence-electron chi connectivity index (χ2n) is 9.87. The fourth-order valence-electron chi connectivity index (χ4n) is 3.87. The van der Waals surface area contributed by atoms with Crippen molar-refractivity contribution < 1.29 is 19.4 Å². The molecule has 0 atom stereocenters. The average molecular weight is 485 g/mol. The van der Waals surface area contributed by atoms with Crippen molar-refractivity contribution in [1.29, 1.82) is 0 Å². The number of rotatable bonds is 8. The van der Waals surface area contributed by atoms with Crippen molar-refractivity contribution in [3.05, 3.63) is 12.7 Å². The number of carbonyl (C=O) groups is 2. The number of unbranched alkanes of at least 4 members (excludes halogenated alkanes) is 3. The highest BCUT2D eigenvalue weighted by atomic mass is 16.6. The van der Waals surface area contributed by atoms with Crippen LogP contribution in [0.15, 0.2) is 12.7 Å². The van der Waals surface area contributed by atoms with Crippen LogP contribution in [0.5, 0.6) is 0 Å². The van der Waals surface area contributed by atoms with Crippen molar-refractivity contribution in [2.24, 2.45) is 0 Å². The number of aliphatic carboxylic acids is 1. The molecule has 2 fully saturated rings. The Morgan fingerprint density at radius 2 is 1.41 bits per heavy atom. The SMILES string of the molecule is C1CCC(NC2CCCCC2)CC1.C=CCCCCC.CC.CC(C)(C)OC(=O)NCC(=O)O. The number of carbonyl (C=O) groups excluding carboxylic acids is 1. The quantitative estimate of drug-likeness (QED) is 0.244. The highest BCUT2D eigenvalue weighted by molar-refractivity contribution is 5.76. The highest BCUT2D eigenvalue weighted by Gasteiger charge is 2.19. The van der Waals surface area contributed by atoms with E-state index in [-0.39, 0.29) is 0 Å². The van der Waals surface area contributed by atoms with E-state index in [1.807, 2.05) is 19.9 Å². The van der Waals surface area contributed by atoms with Gasteiger partial charge in [0.1, 0.15) is 12.1 Å². The van der Waals surface area contributed by atoms with Gasteiger partial charge in [0, 0.05) is 12.1 Å². The largest absolute Gasteiger partial charge is 0.480 e. The molecule has 2 aliphatic carbocycles. The van der Waals surface area contributed by atoms with Crippen molar-refractivity contribution in [1.82, 2.24) is 10.6 Å². The zero-order valence-corrected chi connectivity index (χ0v) is 23.2. The van der Waals surface area contributed by atoms with Crippen molar-refractivity contribution >= 4 is 12.1 Å². The zero-order valence-electron chi connectivity index (χ0n) is 23.2. The molecule has 0 heterocycles. The van der Waals surface area contributed by atoms with Crippen LogP contribution in [-0.4, -0.2) is 41.4 Å². The summed E-state index contributed by atoms with van der Waals surface area (Å²) >= 11 is 0. The van der Waals surface area contributed by atoms with Crippen LogP contribution in [0.1, 0.15) is 131 Å². The molecule has 202 valence electrons. The minimum atomic E-state index is -1.10. The van der Waals surface area contributed by atoms with Crippen molar-refractivity contribution in [2.75, 3.05) is 6.54 Å². The molecule has 0 saturated heterocycles. The standard InChI is InChI=1S/C12H23N.C7H13NO4.C7H14.C2H6/c1-3-7-11(8-4-1)13-12-9-5-2-6-10-12;1-7(2,3)12-6(11)8-4-5(9)10;1-3-5-7-6-4-2;1-2/h11-13H,1-10H2;4H2,1-3H3,(H,8,11)(H,9,10);3H,1,4-7H2,2H3;1-2H3. The van der Waals surface area contributed by atoms with E-state index in [0.717, 1.165) is 12.1 Å². The Bertz CT molecular complexity index is 475. The summed E-state index contributed by atoms with van der Waals surface area (Å²) in [5.74, 6) is -1.10. The van der Waals surface area contributed by atoms with Gasteiger partial charge in [-0.2, -0.15) is 0 Å². The molecular formula is C28H56N2O4. The summed E-state index contributed by atoms with van der Waals surface area (Å²) in [6.07, 6.45) is 21.0. The van der Waals surface area contributed by atoms with Gasteiger partial charge in [-0.25, -0.2) is 4.79 Å². The zero-order chi connectivity index (χ0) is 26.2. The number of allylic oxidation sites excluding steroid dienone is 1. The van der Waals surface area contributed by atoms with E-state index >= 15 is 0 Å². The van der Waals surface area contributed by atoms with Gasteiger partial charge in [0.15, 0.2) is 0 Å². The molecule has 0 radical (unpaired) electrons. The van der Waals surface area contributed by atoms with Crippen molar-refractivity contribution in [3.63, 3.8) is 0 Å². The van der Waals surface area contributed by atoms with Gasteiger partial charge in [0.25, 0.3) is 0 Å². The number of hydrogen-bond acceptors (Lipinski definition) is 4. The maximum atomic E-state index is 10.8. The van der Waals surface area contributed by atoms with Crippen LogP contribution in [0, 0.1) is 0 Å². The van der Waals surface area contributed by atoms with Crippen LogP contribution in [0.4, 0.5) is 4.79 Å². The first-order valence-electron chi connectivity index (χ1n) is 13.7. The molecule has 6 heteroatoms. The molecule has 34 heavy (non-hydrogen) atoms. The van der Waals surface area contributed by atoms with Gasteiger partial charge in [-0.15, -0.1) is 6.58 Å². The van der Waals surface area contributed by atoms with Gasteiger partial charge in [0.2, 0.25) is 0 Å². The van der Waals surface area contributed by atoms with Gasteiger partial charge in [-0.1, -0.05) is 78.2 Å². The summed E-state index contributed by atoms with van der Waals surface area (Å²) in [5, 5.41) is 14.1. The maximum Gasteiger partial charge on any atom is 0.408 e. The molecule has 0 aromatic rings. The number of amides is 1. The third-order valence-electron chi connectivity index (χ3n) is 5.48. The first kappa shape index (κ1) is 34.6. The molecule has 0 aliphatic heterocycles. The van der Waals surface area contributed by atoms with Crippen LogP contribution in [0.2, 0.25) is 0 Å². The number of nitrogens with one attached hydrogen (secondary N) is 2. The number of carboxylic acids is 1. The van der Waals surface area contributed by atoms with Crippen molar-refractivity contribution in [3.8, 4) is 0 Å². The van der Waals surface area contributed by atoms with E-state index in [9.17, 15) is 9.59 Å². The Morgan fingerprint density at radius 1 is 0.941 bits per heavy atom. The van der Waals surface area contributed by atoms with E-state index in [1.165, 1.54) is 89.9 Å². The van der Waals surface area contributed by atoms with Gasteiger partial charge in [-0.3, -0.25) is 4.79 Å². The Balaban J connectivity index is 0. The maximum absolute atomic E-state index is 10.8. The Hall–Kier alpha value is -1.56. The molecule has 2 aliphatic rings. The monoisotopic (exact) mass is 484 g/mol. The highest BCUT2D eigenvalue weighted by Crippen LogP contribution is 2.22. The molecule has 0 bridgehead atoms. The van der Waals surface area contributed by atoms with E-state index in [4.69, 9.17) is 9.84 Å². The number of alkyl carbamates (subject to hydrolysis) is 1. The molecule has 0 aromatic carbocycles. The van der Waals surface area contributed by atoms with Gasteiger partial charge in [0.05, 0.1) is 0 Å². The van der Waals surface area contributed by atoms with Crippen LogP contribution < -0.4 is 10.6 Å². The molecule has 2 rings (SSSR count). The minimum absolute atomic E-state index is 0.422. The number of ether oxygens (including phenoxy) is 1. The van der Waals surface area contributed by atoms with E-state index < -0.39 is 24.2 Å². The summed E-state index contributed by atoms with van der Waals surface area (Å²) in [6, 6.07) is 1.74. The van der Waals surface area contributed by atoms with E-state index in [0.29, 0.717) is 0 Å². The molecule has 0 unspecified atom stereocenters. The van der Waals surface area contributed by atoms with Crippen LogP contribution in [0.25, 0.3) is 0 Å². The molecule has 3 N–H and O–H groups in total. The Kier molecular flexibility index (Phi) is 23.6. The summed E-state index contributed by atoms with van der Waals surface area (Å²) < 4.78 is 4.77. The Morgan fingerprint density at radius 3 is 1.76 bits per heavy atom. The predicted octanol–water partition coefficient (Wildman–Crippen LogP) is 7.62. The van der Waals surface area contributed by atoms with Gasteiger partial charge < -0.3 is 20.5 Å². The minimum Gasteiger partial charge on any atom is -0.480 e. The molecule has 6 nitrogen and oxygen atoms in total. The third kappa shape index (κ3) is 25.1. The fraction of sp³-hybridized carbons (Fsp3) is 0.857. The normalized spacial score (nSPS) is 16.3. The average Bonchev–Trinajstić information content (AvgIpc) is 2.81. The van der Waals surface area contributed by atoms with Gasteiger partial charge >= 0.3 is 12.1 Å². The predicted molar refractivity (Wildman–Crippen MR) is 144 cm³/mol. The second kappa shape index (κ2) is 23.2. The Labute approximate surface area is 210 Å². The summed E-state index contributed by atoms with van der Waals surface area (Å²) in [6.45, 7) is 14.5. The lowest BCUT2D eigenvalue weighted by Gasteiger charge is -2.30. The lowest BCUT2D eigenvalue weighted by atomic mass is 9.91. The molecule has 2 saturated carbocycles. The summed E-state index contributed by atoms with van der Waals surface area (Å²) in [4.78, 5) is 20.8. The molecule has 1 amide bonds. The van der Waals surface area contributed by atoms with Crippen LogP contribution >= 0.6 is 0 Å². The van der Waals surface area contributed by atoms with Crippen LogP contribution in [-0.2, 0) is 9.53 Å². The number of carboxylic acid groups (broad SMARTS) is 1. The lowest BCUT2D eigenvalue weighted by molar-refractivity contribution is -0.136. The fourth-order valence-corrected chi connectivity index (χ4v) is 3.87. The first-order chi connectivity index (χ1) is 16.2. The first-order valence-corrected chi connectivity index (χ1v) is 13.7. The van der Waals surface area contributed by atoms with E-state index in [1.54, 1.807) is 20.8 Å². The smallest absolute Gasteiger partial charge is 0.408 e. The van der Waals surface area contributed by atoms with Crippen LogP contribution in [0.3, 0.4) is 0 Å². The molecular weight excluding hydrogens is 428 g/mol. The summed E-state index contributed by atoms with van der Waals surface area (Å²) in [5.41, 5.74) is -0.595. The third-order valence-corrected chi connectivity index (χ3v) is 5.48. The molecule has 0 spiro atoms.